The summed E-state index contributed by atoms with van der Waals surface area (Å²) >= 11 is 10.4. The molecular weight excluding hydrogens is 921 g/mol. The molecule has 0 spiro atoms. The lowest BCUT2D eigenvalue weighted by atomic mass is 9.95. The van der Waals surface area contributed by atoms with Crippen molar-refractivity contribution in [2.75, 3.05) is 18.1 Å². The number of carbonyl (C=O) groups is 1. The van der Waals surface area contributed by atoms with Gasteiger partial charge in [0.05, 0.1) is 23.5 Å². The van der Waals surface area contributed by atoms with Crippen molar-refractivity contribution in [1.82, 2.24) is 44.8 Å². The van der Waals surface area contributed by atoms with Crippen LogP contribution in [-0.2, 0) is 14.2 Å². The smallest absolute Gasteiger partial charge is 0.407 e. The molecule has 282 valence electrons. The molecule has 0 saturated carbocycles. The minimum absolute atomic E-state index is 0.0437. The SMILES string of the molecule is Cc1nc2c(I)nn(C3CCCCO3)c2nc1Cl.Cc1nc2c(I)nn(C3CCCCO3)c2nc1N1[C@H]2CC[C@@H]1[C@@H](F)[C@@H](NC(=O)OC(C)(C)C)C2. The zero-order chi connectivity index (χ0) is 36.9. The van der Waals surface area contributed by atoms with Crippen LogP contribution in [0.4, 0.5) is 15.0 Å². The fourth-order valence-corrected chi connectivity index (χ4v) is 8.83. The molecule has 14 nitrogen and oxygen atoms in total. The fraction of sp³-hybridized carbons (Fsp3) is 0.676. The topological polar surface area (TPSA) is 147 Å². The van der Waals surface area contributed by atoms with Gasteiger partial charge in [0.1, 0.15) is 22.8 Å². The lowest BCUT2D eigenvalue weighted by Gasteiger charge is -2.42. The molecule has 4 aliphatic rings. The maximum Gasteiger partial charge on any atom is 0.407 e. The summed E-state index contributed by atoms with van der Waals surface area (Å²) in [5, 5.41) is 12.4. The van der Waals surface area contributed by atoms with Crippen LogP contribution in [0.1, 0.15) is 102 Å². The van der Waals surface area contributed by atoms with Gasteiger partial charge in [-0.3, -0.25) is 0 Å². The number of nitrogens with zero attached hydrogens (tertiary/aromatic N) is 9. The second-order valence-electron chi connectivity index (χ2n) is 14.8. The van der Waals surface area contributed by atoms with Crippen molar-refractivity contribution in [2.45, 2.75) is 135 Å². The Kier molecular flexibility index (Phi) is 11.3. The van der Waals surface area contributed by atoms with E-state index in [1.165, 1.54) is 0 Å². The third-order valence-corrected chi connectivity index (χ3v) is 11.7. The quantitative estimate of drug-likeness (QED) is 0.203. The predicted octanol–water partition coefficient (Wildman–Crippen LogP) is 7.50. The Morgan fingerprint density at radius 2 is 1.44 bits per heavy atom. The van der Waals surface area contributed by atoms with Crippen molar-refractivity contribution >= 4 is 91.0 Å². The summed E-state index contributed by atoms with van der Waals surface area (Å²) in [6.45, 7) is 10.6. The molecule has 6 atom stereocenters. The fourth-order valence-electron chi connectivity index (χ4n) is 7.52. The molecule has 4 fully saturated rings. The molecule has 4 aliphatic heterocycles. The number of nitrogens with one attached hydrogen (secondary N) is 1. The number of aromatic nitrogens is 8. The highest BCUT2D eigenvalue weighted by atomic mass is 127. The number of ether oxygens (including phenoxy) is 3. The third-order valence-electron chi connectivity index (χ3n) is 9.86. The average Bonchev–Trinajstić information content (AvgIpc) is 3.73. The van der Waals surface area contributed by atoms with Gasteiger partial charge < -0.3 is 24.4 Å². The Morgan fingerprint density at radius 1 is 0.865 bits per heavy atom. The minimum Gasteiger partial charge on any atom is -0.444 e. The van der Waals surface area contributed by atoms with Crippen LogP contribution in [0, 0.1) is 21.2 Å². The number of hydrogen-bond donors (Lipinski definition) is 1. The Hall–Kier alpha value is -2.23. The van der Waals surface area contributed by atoms with Gasteiger partial charge in [0.25, 0.3) is 0 Å². The van der Waals surface area contributed by atoms with Crippen molar-refractivity contribution in [3.63, 3.8) is 0 Å². The van der Waals surface area contributed by atoms with Gasteiger partial charge in [0, 0.05) is 19.3 Å². The molecule has 0 aromatic carbocycles. The van der Waals surface area contributed by atoms with E-state index in [4.69, 9.17) is 35.8 Å². The van der Waals surface area contributed by atoms with Crippen molar-refractivity contribution in [3.05, 3.63) is 23.9 Å². The Labute approximate surface area is 333 Å². The van der Waals surface area contributed by atoms with Crippen LogP contribution in [-0.4, -0.2) is 88.7 Å². The number of alkyl halides is 1. The average molecular weight is 965 g/mol. The Morgan fingerprint density at radius 3 is 2.00 bits per heavy atom. The first-order valence-corrected chi connectivity index (χ1v) is 20.5. The summed E-state index contributed by atoms with van der Waals surface area (Å²) in [5.41, 5.74) is 3.81. The molecule has 8 rings (SSSR count). The molecule has 1 N–H and O–H groups in total. The van der Waals surface area contributed by atoms with Crippen LogP contribution in [0.25, 0.3) is 22.3 Å². The van der Waals surface area contributed by atoms with E-state index >= 15 is 4.39 Å². The molecule has 2 unspecified atom stereocenters. The molecule has 0 aliphatic carbocycles. The normalized spacial score (nSPS) is 26.4. The molecule has 4 aromatic rings. The zero-order valence-corrected chi connectivity index (χ0v) is 35.0. The third kappa shape index (κ3) is 7.80. The van der Waals surface area contributed by atoms with Crippen LogP contribution in [0.15, 0.2) is 0 Å². The first kappa shape index (κ1) is 38.1. The highest BCUT2D eigenvalue weighted by Crippen LogP contribution is 2.42. The van der Waals surface area contributed by atoms with Crippen LogP contribution in [0.2, 0.25) is 5.15 Å². The Bertz CT molecular complexity index is 1940. The summed E-state index contributed by atoms with van der Waals surface area (Å²) in [7, 11) is 0. The van der Waals surface area contributed by atoms with Crippen molar-refractivity contribution in [2.24, 2.45) is 0 Å². The second-order valence-corrected chi connectivity index (χ2v) is 17.2. The molecule has 4 saturated heterocycles. The van der Waals surface area contributed by atoms with Crippen LogP contribution < -0.4 is 10.2 Å². The van der Waals surface area contributed by atoms with Crippen molar-refractivity contribution in [3.8, 4) is 0 Å². The first-order valence-electron chi connectivity index (χ1n) is 17.9. The molecular formula is C34H44ClFI2N10O4. The van der Waals surface area contributed by atoms with Crippen molar-refractivity contribution in [1.29, 1.82) is 0 Å². The molecule has 18 heteroatoms. The minimum atomic E-state index is -1.23. The van der Waals surface area contributed by atoms with Gasteiger partial charge in [0.2, 0.25) is 0 Å². The van der Waals surface area contributed by atoms with Gasteiger partial charge >= 0.3 is 6.09 Å². The first-order chi connectivity index (χ1) is 24.8. The van der Waals surface area contributed by atoms with Crippen molar-refractivity contribution < 1.29 is 23.4 Å². The number of aryl methyl sites for hydroxylation is 2. The van der Waals surface area contributed by atoms with Crippen LogP contribution in [0.3, 0.4) is 0 Å². The summed E-state index contributed by atoms with van der Waals surface area (Å²) in [5.74, 6) is 0.701. The number of piperidine rings is 1. The highest BCUT2D eigenvalue weighted by Gasteiger charge is 2.49. The maximum absolute atomic E-state index is 15.7. The number of alkyl carbamates (subject to hydrolysis) is 1. The molecule has 4 aromatic heterocycles. The van der Waals surface area contributed by atoms with Gasteiger partial charge in [0.15, 0.2) is 42.1 Å². The number of fused-ring (bicyclic) bond motifs is 4. The maximum atomic E-state index is 15.7. The monoisotopic (exact) mass is 964 g/mol. The van der Waals surface area contributed by atoms with Gasteiger partial charge in [-0.05, 0) is 138 Å². The summed E-state index contributed by atoms with van der Waals surface area (Å²) < 4.78 is 38.0. The van der Waals surface area contributed by atoms with E-state index in [2.05, 4.69) is 75.6 Å². The molecule has 0 radical (unpaired) electrons. The molecule has 8 heterocycles. The summed E-state index contributed by atoms with van der Waals surface area (Å²) in [6, 6.07) is -0.878. The van der Waals surface area contributed by atoms with Gasteiger partial charge in [-0.25, -0.2) is 38.5 Å². The Balaban J connectivity index is 0.000000196. The predicted molar refractivity (Wildman–Crippen MR) is 210 cm³/mol. The van der Waals surface area contributed by atoms with Gasteiger partial charge in [-0.1, -0.05) is 11.6 Å². The molecule has 1 amide bonds. The molecule has 52 heavy (non-hydrogen) atoms. The lowest BCUT2D eigenvalue weighted by Crippen LogP contribution is -2.58. The number of halogens is 4. The van der Waals surface area contributed by atoms with E-state index in [-0.39, 0.29) is 24.5 Å². The van der Waals surface area contributed by atoms with Crippen LogP contribution >= 0.6 is 56.8 Å². The standard InChI is InChI=1S/C23H32FIN6O3.C11H12ClIN4O/c1-12-20(28-21-18(26-12)19(25)29-31(21)16-7-5-6-10-33-16)30-13-8-9-15(30)17(24)14(11-13)27-22(32)34-23(2,3)4;1-6-9(12)15-11-8(14-6)10(13)16-17(11)7-4-2-3-5-18-7/h13-17H,5-11H2,1-4H3,(H,27,32);7H,2-5H2,1H3/t13-,14-,15+,16?,17-;/m0./s1. The number of hydrogen-bond acceptors (Lipinski definition) is 11. The summed E-state index contributed by atoms with van der Waals surface area (Å²) in [4.78, 5) is 33.1. The zero-order valence-electron chi connectivity index (χ0n) is 29.9. The van der Waals surface area contributed by atoms with E-state index in [9.17, 15) is 4.79 Å². The van der Waals surface area contributed by atoms with E-state index < -0.39 is 23.9 Å². The van der Waals surface area contributed by atoms with E-state index in [0.717, 1.165) is 81.4 Å². The number of rotatable bonds is 4. The van der Waals surface area contributed by atoms with Gasteiger partial charge in [-0.2, -0.15) is 10.2 Å². The number of amides is 1. The highest BCUT2D eigenvalue weighted by molar-refractivity contribution is 14.1. The number of carbonyl (C=O) groups excluding carboxylic acids is 1. The number of anilines is 1. The van der Waals surface area contributed by atoms with Gasteiger partial charge in [-0.15, -0.1) is 0 Å². The van der Waals surface area contributed by atoms with E-state index in [1.54, 1.807) is 20.8 Å². The lowest BCUT2D eigenvalue weighted by molar-refractivity contribution is -0.0373. The summed E-state index contributed by atoms with van der Waals surface area (Å²) in [6.07, 6.45) is 6.29. The molecule has 2 bridgehead atoms. The largest absolute Gasteiger partial charge is 0.444 e. The van der Waals surface area contributed by atoms with E-state index in [0.29, 0.717) is 41.7 Å². The second kappa shape index (κ2) is 15.5. The van der Waals surface area contributed by atoms with E-state index in [1.807, 2.05) is 23.2 Å². The van der Waals surface area contributed by atoms with Crippen LogP contribution in [0.5, 0.6) is 0 Å².